The Bertz CT molecular complexity index is 389. The van der Waals surface area contributed by atoms with Crippen LogP contribution in [-0.2, 0) is 15.5 Å². The van der Waals surface area contributed by atoms with Gasteiger partial charge in [-0.1, -0.05) is 6.07 Å². The Labute approximate surface area is 79.4 Å². The lowest BCUT2D eigenvalue weighted by Gasteiger charge is -2.02. The van der Waals surface area contributed by atoms with E-state index in [1.807, 2.05) is 19.1 Å². The highest BCUT2D eigenvalue weighted by Crippen LogP contribution is 2.05. The van der Waals surface area contributed by atoms with E-state index in [0.29, 0.717) is 5.75 Å². The zero-order valence-corrected chi connectivity index (χ0v) is 8.97. The molecule has 0 spiro atoms. The topological polar surface area (TPSA) is 42.3 Å². The van der Waals surface area contributed by atoms with Crippen LogP contribution in [0.4, 0.5) is 0 Å². The Morgan fingerprint density at radius 1 is 1.54 bits per heavy atom. The van der Waals surface area contributed by atoms with Crippen molar-refractivity contribution >= 4 is 9.73 Å². The summed E-state index contributed by atoms with van der Waals surface area (Å²) in [6.07, 6.45) is 3.41. The number of hydrogen-bond donors (Lipinski definition) is 0. The molecule has 0 bridgehead atoms. The lowest BCUT2D eigenvalue weighted by molar-refractivity contribution is 0.679. The molecule has 0 aliphatic heterocycles. The first-order valence-electron chi connectivity index (χ1n) is 4.03. The van der Waals surface area contributed by atoms with Crippen LogP contribution in [-0.4, -0.2) is 22.5 Å². The second kappa shape index (κ2) is 3.87. The summed E-state index contributed by atoms with van der Waals surface area (Å²) in [6.45, 7) is 1.93. The molecule has 0 radical (unpaired) electrons. The molecular formula is C9H14N2OS. The van der Waals surface area contributed by atoms with E-state index in [0.717, 1.165) is 11.3 Å². The summed E-state index contributed by atoms with van der Waals surface area (Å²) >= 11 is 0. The van der Waals surface area contributed by atoms with Gasteiger partial charge in [0, 0.05) is 34.9 Å². The third-order valence-corrected chi connectivity index (χ3v) is 3.43. The van der Waals surface area contributed by atoms with Gasteiger partial charge >= 0.3 is 0 Å². The van der Waals surface area contributed by atoms with Crippen LogP contribution in [0.25, 0.3) is 0 Å². The monoisotopic (exact) mass is 198 g/mol. The maximum atomic E-state index is 11.6. The molecule has 3 nitrogen and oxygen atoms in total. The van der Waals surface area contributed by atoms with Gasteiger partial charge in [-0.2, -0.15) is 0 Å². The van der Waals surface area contributed by atoms with Crippen LogP contribution < -0.4 is 0 Å². The minimum absolute atomic E-state index is 0.483. The molecule has 1 atom stereocenters. The summed E-state index contributed by atoms with van der Waals surface area (Å²) < 4.78 is 15.5. The van der Waals surface area contributed by atoms with E-state index in [2.05, 4.69) is 9.35 Å². The van der Waals surface area contributed by atoms with Gasteiger partial charge in [0.2, 0.25) is 0 Å². The second-order valence-corrected chi connectivity index (χ2v) is 5.67. The number of rotatable bonds is 2. The average molecular weight is 198 g/mol. The van der Waals surface area contributed by atoms with Crippen LogP contribution in [0, 0.1) is 6.92 Å². The number of hydrogen-bond acceptors (Lipinski definition) is 3. The SMILES string of the molecule is CN=S(C)(=O)Cc1ccc(C)nc1. The van der Waals surface area contributed by atoms with Gasteiger partial charge in [-0.05, 0) is 18.6 Å². The van der Waals surface area contributed by atoms with E-state index >= 15 is 0 Å². The molecule has 72 valence electrons. The Morgan fingerprint density at radius 3 is 2.69 bits per heavy atom. The molecule has 0 saturated carbocycles. The zero-order valence-electron chi connectivity index (χ0n) is 8.15. The van der Waals surface area contributed by atoms with Crippen molar-refractivity contribution in [2.24, 2.45) is 4.36 Å². The second-order valence-electron chi connectivity index (χ2n) is 3.09. The van der Waals surface area contributed by atoms with Crippen LogP contribution in [0.5, 0.6) is 0 Å². The van der Waals surface area contributed by atoms with Gasteiger partial charge in [0.15, 0.2) is 0 Å². The van der Waals surface area contributed by atoms with Gasteiger partial charge in [-0.25, -0.2) is 8.57 Å². The lowest BCUT2D eigenvalue weighted by Crippen LogP contribution is -2.01. The molecule has 1 aromatic heterocycles. The van der Waals surface area contributed by atoms with Crippen LogP contribution >= 0.6 is 0 Å². The standard InChI is InChI=1S/C9H14N2OS/c1-8-4-5-9(6-11-8)7-13(3,12)10-2/h4-6H,7H2,1-3H3. The van der Waals surface area contributed by atoms with Gasteiger partial charge in [0.25, 0.3) is 0 Å². The summed E-state index contributed by atoms with van der Waals surface area (Å²) in [4.78, 5) is 4.13. The molecule has 13 heavy (non-hydrogen) atoms. The van der Waals surface area contributed by atoms with E-state index in [-0.39, 0.29) is 0 Å². The molecule has 0 aliphatic rings. The molecular weight excluding hydrogens is 184 g/mol. The third-order valence-electron chi connectivity index (χ3n) is 1.79. The van der Waals surface area contributed by atoms with Crippen LogP contribution in [0.3, 0.4) is 0 Å². The fourth-order valence-electron chi connectivity index (χ4n) is 0.958. The van der Waals surface area contributed by atoms with Gasteiger partial charge in [-0.3, -0.25) is 4.98 Å². The van der Waals surface area contributed by atoms with Crippen LogP contribution in [0.2, 0.25) is 0 Å². The summed E-state index contributed by atoms with van der Waals surface area (Å²) in [7, 11) is -0.463. The first kappa shape index (κ1) is 10.2. The molecule has 1 aromatic rings. The highest BCUT2D eigenvalue weighted by atomic mass is 32.2. The van der Waals surface area contributed by atoms with Crippen LogP contribution in [0.15, 0.2) is 22.7 Å². The molecule has 1 rings (SSSR count). The quantitative estimate of drug-likeness (QED) is 0.724. The maximum absolute atomic E-state index is 11.6. The number of aromatic nitrogens is 1. The molecule has 1 unspecified atom stereocenters. The third kappa shape index (κ3) is 3.14. The van der Waals surface area contributed by atoms with E-state index in [9.17, 15) is 4.21 Å². The normalized spacial score (nSPS) is 15.0. The lowest BCUT2D eigenvalue weighted by atomic mass is 10.3. The number of nitrogens with zero attached hydrogens (tertiary/aromatic N) is 2. The summed E-state index contributed by atoms with van der Waals surface area (Å²) in [6, 6.07) is 3.86. The van der Waals surface area contributed by atoms with Crippen LogP contribution in [0.1, 0.15) is 11.3 Å². The van der Waals surface area contributed by atoms with Gasteiger partial charge in [0.1, 0.15) is 0 Å². The van der Waals surface area contributed by atoms with Crippen molar-refractivity contribution < 1.29 is 4.21 Å². The molecule has 4 heteroatoms. The van der Waals surface area contributed by atoms with Crippen molar-refractivity contribution in [2.75, 3.05) is 13.3 Å². The predicted molar refractivity (Wildman–Crippen MR) is 55.1 cm³/mol. The molecule has 0 N–H and O–H groups in total. The minimum atomic E-state index is -2.05. The fraction of sp³-hybridized carbons (Fsp3) is 0.444. The number of aryl methyl sites for hydroxylation is 1. The average Bonchev–Trinajstić information content (AvgIpc) is 2.09. The largest absolute Gasteiger partial charge is 0.261 e. The van der Waals surface area contributed by atoms with E-state index < -0.39 is 9.73 Å². The van der Waals surface area contributed by atoms with Crippen molar-refractivity contribution in [1.82, 2.24) is 4.98 Å². The fourth-order valence-corrected chi connectivity index (χ4v) is 1.88. The molecule has 0 aromatic carbocycles. The molecule has 0 saturated heterocycles. The minimum Gasteiger partial charge on any atom is -0.261 e. The Balaban J connectivity index is 2.88. The van der Waals surface area contributed by atoms with Crippen molar-refractivity contribution in [2.45, 2.75) is 12.7 Å². The Hall–Kier alpha value is -0.900. The highest BCUT2D eigenvalue weighted by molar-refractivity contribution is 7.92. The first-order valence-corrected chi connectivity index (χ1v) is 6.12. The smallest absolute Gasteiger partial charge is 0.0580 e. The van der Waals surface area contributed by atoms with Crippen molar-refractivity contribution in [3.05, 3.63) is 29.6 Å². The van der Waals surface area contributed by atoms with E-state index in [4.69, 9.17) is 0 Å². The maximum Gasteiger partial charge on any atom is 0.0580 e. The molecule has 0 amide bonds. The predicted octanol–water partition coefficient (Wildman–Crippen LogP) is 1.62. The summed E-state index contributed by atoms with van der Waals surface area (Å²) in [5, 5.41) is 0. The van der Waals surface area contributed by atoms with E-state index in [1.54, 1.807) is 19.5 Å². The van der Waals surface area contributed by atoms with E-state index in [1.165, 1.54) is 0 Å². The highest BCUT2D eigenvalue weighted by Gasteiger charge is 2.01. The molecule has 1 heterocycles. The molecule has 0 fully saturated rings. The zero-order chi connectivity index (χ0) is 9.90. The number of pyridine rings is 1. The summed E-state index contributed by atoms with van der Waals surface area (Å²) in [5.74, 6) is 0.483. The summed E-state index contributed by atoms with van der Waals surface area (Å²) in [5.41, 5.74) is 1.95. The van der Waals surface area contributed by atoms with Gasteiger partial charge < -0.3 is 0 Å². The Kier molecular flexibility index (Phi) is 3.03. The van der Waals surface area contributed by atoms with Gasteiger partial charge in [-0.15, -0.1) is 0 Å². The Morgan fingerprint density at radius 2 is 2.23 bits per heavy atom. The van der Waals surface area contributed by atoms with Crippen molar-refractivity contribution in [1.29, 1.82) is 0 Å². The first-order chi connectivity index (χ1) is 6.03. The van der Waals surface area contributed by atoms with Gasteiger partial charge in [0.05, 0.1) is 5.75 Å². The van der Waals surface area contributed by atoms with Crippen molar-refractivity contribution in [3.63, 3.8) is 0 Å². The molecule has 0 aliphatic carbocycles. The van der Waals surface area contributed by atoms with Crippen molar-refractivity contribution in [3.8, 4) is 0 Å².